The number of ether oxygens (including phenoxy) is 1. The fourth-order valence-electron chi connectivity index (χ4n) is 2.79. The largest absolute Gasteiger partial charge is 0.379 e. The Morgan fingerprint density at radius 1 is 1.29 bits per heavy atom. The minimum Gasteiger partial charge on any atom is -0.379 e. The minimum atomic E-state index is 0.0133. The van der Waals surface area contributed by atoms with Gasteiger partial charge in [-0.05, 0) is 43.7 Å². The summed E-state index contributed by atoms with van der Waals surface area (Å²) in [6, 6.07) is 10.4. The zero-order chi connectivity index (χ0) is 16.9. The van der Waals surface area contributed by atoms with Crippen LogP contribution in [0.4, 0.5) is 11.4 Å². The lowest BCUT2D eigenvalue weighted by atomic mass is 10.2. The number of anilines is 2. The summed E-state index contributed by atoms with van der Waals surface area (Å²) < 4.78 is 7.23. The highest BCUT2D eigenvalue weighted by atomic mass is 16.5. The number of aromatic nitrogens is 2. The third-order valence-electron chi connectivity index (χ3n) is 4.40. The number of nitrogens with one attached hydrogen (secondary N) is 1. The fourth-order valence-corrected chi connectivity index (χ4v) is 2.79. The van der Waals surface area contributed by atoms with Crippen molar-refractivity contribution >= 4 is 17.3 Å². The van der Waals surface area contributed by atoms with Crippen molar-refractivity contribution in [2.45, 2.75) is 32.9 Å². The lowest BCUT2D eigenvalue weighted by molar-refractivity contribution is -0.125. The molecule has 1 amide bonds. The molecular weight excluding hydrogens is 304 g/mol. The van der Waals surface area contributed by atoms with Crippen LogP contribution in [-0.2, 0) is 16.1 Å². The molecule has 1 N–H and O–H groups in total. The smallest absolute Gasteiger partial charge is 0.253 e. The summed E-state index contributed by atoms with van der Waals surface area (Å²) in [7, 11) is 0. The van der Waals surface area contributed by atoms with E-state index in [1.165, 1.54) is 0 Å². The van der Waals surface area contributed by atoms with E-state index in [9.17, 15) is 4.79 Å². The van der Waals surface area contributed by atoms with Gasteiger partial charge in [0.2, 0.25) is 0 Å². The quantitative estimate of drug-likeness (QED) is 0.886. The summed E-state index contributed by atoms with van der Waals surface area (Å²) in [5, 5.41) is 7.82. The van der Waals surface area contributed by atoms with Gasteiger partial charge in [0.05, 0.1) is 18.8 Å². The molecule has 1 aliphatic rings. The van der Waals surface area contributed by atoms with Crippen molar-refractivity contribution in [1.82, 2.24) is 9.78 Å². The molecule has 3 rings (SSSR count). The Balaban J connectivity index is 1.63. The number of hydrogen-bond donors (Lipinski definition) is 1. The molecule has 6 nitrogen and oxygen atoms in total. The highest BCUT2D eigenvalue weighted by molar-refractivity contribution is 5.94. The van der Waals surface area contributed by atoms with Crippen LogP contribution < -0.4 is 10.2 Å². The van der Waals surface area contributed by atoms with Crippen molar-refractivity contribution in [3.63, 3.8) is 0 Å². The van der Waals surface area contributed by atoms with E-state index < -0.39 is 0 Å². The topological polar surface area (TPSA) is 59.4 Å². The standard InChI is InChI=1S/C18H24N4O2/c1-3-14(2)22-17(8-9-20-22)12-19-15-4-6-16(7-5-15)21-10-11-24-13-18(21)23/h4-9,14,19H,3,10-13H2,1-2H3. The molecule has 6 heteroatoms. The molecule has 2 heterocycles. The molecule has 0 spiro atoms. The summed E-state index contributed by atoms with van der Waals surface area (Å²) in [5.41, 5.74) is 3.10. The Morgan fingerprint density at radius 3 is 2.79 bits per heavy atom. The van der Waals surface area contributed by atoms with Gasteiger partial charge in [0.25, 0.3) is 5.91 Å². The Hall–Kier alpha value is -2.34. The van der Waals surface area contributed by atoms with Gasteiger partial charge in [0, 0.05) is 30.2 Å². The summed E-state index contributed by atoms with van der Waals surface area (Å²) in [5.74, 6) is 0.0133. The van der Waals surface area contributed by atoms with E-state index >= 15 is 0 Å². The van der Waals surface area contributed by atoms with E-state index in [0.29, 0.717) is 19.2 Å². The zero-order valence-corrected chi connectivity index (χ0v) is 14.2. The van der Waals surface area contributed by atoms with E-state index in [1.807, 2.05) is 36.5 Å². The first-order chi connectivity index (χ1) is 11.7. The predicted octanol–water partition coefficient (Wildman–Crippen LogP) is 2.83. The van der Waals surface area contributed by atoms with Crippen molar-refractivity contribution < 1.29 is 9.53 Å². The number of nitrogens with zero attached hydrogens (tertiary/aromatic N) is 3. The molecule has 1 aromatic heterocycles. The number of morpholine rings is 1. The van der Waals surface area contributed by atoms with E-state index in [-0.39, 0.29) is 12.5 Å². The zero-order valence-electron chi connectivity index (χ0n) is 14.2. The van der Waals surface area contributed by atoms with Crippen molar-refractivity contribution in [2.75, 3.05) is 30.0 Å². The summed E-state index contributed by atoms with van der Waals surface area (Å²) in [4.78, 5) is 13.6. The van der Waals surface area contributed by atoms with Crippen LogP contribution in [0.15, 0.2) is 36.5 Å². The van der Waals surface area contributed by atoms with E-state index in [0.717, 1.165) is 30.0 Å². The van der Waals surface area contributed by atoms with Gasteiger partial charge in [-0.3, -0.25) is 9.48 Å². The van der Waals surface area contributed by atoms with E-state index in [2.05, 4.69) is 28.9 Å². The highest BCUT2D eigenvalue weighted by Gasteiger charge is 2.19. The summed E-state index contributed by atoms with van der Waals surface area (Å²) >= 11 is 0. The van der Waals surface area contributed by atoms with Gasteiger partial charge in [-0.2, -0.15) is 5.10 Å². The third-order valence-corrected chi connectivity index (χ3v) is 4.40. The number of hydrogen-bond acceptors (Lipinski definition) is 4. The summed E-state index contributed by atoms with van der Waals surface area (Å²) in [6.45, 7) is 6.42. The molecule has 1 atom stereocenters. The van der Waals surface area contributed by atoms with E-state index in [4.69, 9.17) is 4.74 Å². The number of carbonyl (C=O) groups is 1. The van der Waals surface area contributed by atoms with Crippen LogP contribution in [0.2, 0.25) is 0 Å². The van der Waals surface area contributed by atoms with Crippen LogP contribution in [0, 0.1) is 0 Å². The third kappa shape index (κ3) is 3.59. The maximum atomic E-state index is 11.9. The van der Waals surface area contributed by atoms with Crippen LogP contribution in [0.25, 0.3) is 0 Å². The molecular formula is C18H24N4O2. The normalized spacial score (nSPS) is 16.2. The van der Waals surface area contributed by atoms with Crippen molar-refractivity contribution in [3.05, 3.63) is 42.2 Å². The van der Waals surface area contributed by atoms with Crippen molar-refractivity contribution in [3.8, 4) is 0 Å². The summed E-state index contributed by atoms with van der Waals surface area (Å²) in [6.07, 6.45) is 2.90. The SMILES string of the molecule is CCC(C)n1nccc1CNc1ccc(N2CCOCC2=O)cc1. The predicted molar refractivity (Wildman–Crippen MR) is 94.2 cm³/mol. The number of amides is 1. The van der Waals surface area contributed by atoms with Crippen LogP contribution in [0.1, 0.15) is 32.0 Å². The van der Waals surface area contributed by atoms with Gasteiger partial charge in [-0.15, -0.1) is 0 Å². The van der Waals surface area contributed by atoms with Gasteiger partial charge in [-0.1, -0.05) is 6.92 Å². The number of benzene rings is 1. The van der Waals surface area contributed by atoms with Crippen LogP contribution in [-0.4, -0.2) is 35.4 Å². The molecule has 128 valence electrons. The first kappa shape index (κ1) is 16.5. The van der Waals surface area contributed by atoms with Crippen molar-refractivity contribution in [2.24, 2.45) is 0 Å². The average Bonchev–Trinajstić information content (AvgIpc) is 3.09. The Labute approximate surface area is 142 Å². The lowest BCUT2D eigenvalue weighted by Gasteiger charge is -2.27. The molecule has 0 saturated carbocycles. The minimum absolute atomic E-state index is 0.0133. The maximum Gasteiger partial charge on any atom is 0.253 e. The molecule has 0 aliphatic carbocycles. The molecule has 0 radical (unpaired) electrons. The van der Waals surface area contributed by atoms with Crippen molar-refractivity contribution in [1.29, 1.82) is 0 Å². The monoisotopic (exact) mass is 328 g/mol. The number of rotatable bonds is 6. The van der Waals surface area contributed by atoms with Gasteiger partial charge in [0.15, 0.2) is 0 Å². The molecule has 1 unspecified atom stereocenters. The molecule has 1 fully saturated rings. The highest BCUT2D eigenvalue weighted by Crippen LogP contribution is 2.20. The second-order valence-corrected chi connectivity index (χ2v) is 6.02. The number of carbonyl (C=O) groups excluding carboxylic acids is 1. The Bertz CT molecular complexity index is 681. The van der Waals surface area contributed by atoms with E-state index in [1.54, 1.807) is 4.90 Å². The van der Waals surface area contributed by atoms with Crippen LogP contribution >= 0.6 is 0 Å². The van der Waals surface area contributed by atoms with Crippen LogP contribution in [0.3, 0.4) is 0 Å². The Morgan fingerprint density at radius 2 is 2.08 bits per heavy atom. The van der Waals surface area contributed by atoms with Gasteiger partial charge in [-0.25, -0.2) is 0 Å². The van der Waals surface area contributed by atoms with Gasteiger partial charge < -0.3 is 15.0 Å². The molecule has 1 aromatic carbocycles. The second-order valence-electron chi connectivity index (χ2n) is 6.02. The average molecular weight is 328 g/mol. The molecule has 1 saturated heterocycles. The first-order valence-corrected chi connectivity index (χ1v) is 8.43. The lowest BCUT2D eigenvalue weighted by Crippen LogP contribution is -2.41. The van der Waals surface area contributed by atoms with Gasteiger partial charge >= 0.3 is 0 Å². The first-order valence-electron chi connectivity index (χ1n) is 8.43. The van der Waals surface area contributed by atoms with Gasteiger partial charge in [0.1, 0.15) is 6.61 Å². The maximum absolute atomic E-state index is 11.9. The second kappa shape index (κ2) is 7.49. The fraction of sp³-hybridized carbons (Fsp3) is 0.444. The molecule has 1 aliphatic heterocycles. The Kier molecular flexibility index (Phi) is 5.15. The van der Waals surface area contributed by atoms with Crippen LogP contribution in [0.5, 0.6) is 0 Å². The molecule has 0 bridgehead atoms. The molecule has 24 heavy (non-hydrogen) atoms. The molecule has 2 aromatic rings.